The maximum Gasteiger partial charge on any atom is 0.320 e. The molecule has 1 aromatic rings. The van der Waals surface area contributed by atoms with Crippen LogP contribution in [0.15, 0.2) is 12.1 Å². The Bertz CT molecular complexity index is 623. The summed E-state index contributed by atoms with van der Waals surface area (Å²) in [6.07, 6.45) is -2.24. The molecule has 126 valence electrons. The van der Waals surface area contributed by atoms with Crippen LogP contribution in [-0.2, 0) is 11.2 Å². The van der Waals surface area contributed by atoms with Crippen LogP contribution in [-0.4, -0.2) is 51.3 Å². The number of aliphatic hydroxyl groups excluding tert-OH is 2. The molecule has 0 amide bonds. The average Bonchev–Trinajstić information content (AvgIpc) is 2.48. The maximum atomic E-state index is 11.0. The van der Waals surface area contributed by atoms with E-state index in [9.17, 15) is 25.1 Å². The third kappa shape index (κ3) is 3.86. The van der Waals surface area contributed by atoms with Gasteiger partial charge in [-0.3, -0.25) is 14.9 Å². The Morgan fingerprint density at radius 1 is 1.39 bits per heavy atom. The molecule has 1 aliphatic rings. The molecule has 0 saturated carbocycles. The molecule has 3 unspecified atom stereocenters. The quantitative estimate of drug-likeness (QED) is 0.304. The summed E-state index contributed by atoms with van der Waals surface area (Å²) in [5.74, 6) is -0.996. The third-order valence-corrected chi connectivity index (χ3v) is 3.53. The molecule has 23 heavy (non-hydrogen) atoms. The number of nitro groups is 1. The lowest BCUT2D eigenvalue weighted by atomic mass is 10.0. The Balaban J connectivity index is 2.23. The highest BCUT2D eigenvalue weighted by atomic mass is 16.6. The van der Waals surface area contributed by atoms with Crippen molar-refractivity contribution in [1.82, 2.24) is 5.32 Å². The number of rotatable bonds is 6. The molecule has 6 N–H and O–H groups in total. The number of carboxylic acids is 1. The van der Waals surface area contributed by atoms with Gasteiger partial charge >= 0.3 is 5.97 Å². The van der Waals surface area contributed by atoms with Gasteiger partial charge in [-0.05, 0) is 18.9 Å². The number of non-ortho nitro benzene ring substituents is 1. The predicted molar refractivity (Wildman–Crippen MR) is 81.2 cm³/mol. The Hall–Kier alpha value is -2.43. The van der Waals surface area contributed by atoms with E-state index in [2.05, 4.69) is 16.0 Å². The van der Waals surface area contributed by atoms with E-state index in [0.29, 0.717) is 23.4 Å². The zero-order chi connectivity index (χ0) is 17.1. The molecule has 0 bridgehead atoms. The summed E-state index contributed by atoms with van der Waals surface area (Å²) in [5, 5.41) is 47.1. The van der Waals surface area contributed by atoms with Gasteiger partial charge in [-0.15, -0.1) is 0 Å². The average molecular weight is 326 g/mol. The number of aliphatic carboxylic acids is 1. The van der Waals surface area contributed by atoms with Crippen LogP contribution in [0.25, 0.3) is 0 Å². The van der Waals surface area contributed by atoms with Crippen molar-refractivity contribution in [2.24, 2.45) is 0 Å². The van der Waals surface area contributed by atoms with Crippen LogP contribution in [0.2, 0.25) is 0 Å². The lowest BCUT2D eigenvalue weighted by Gasteiger charge is -2.31. The summed E-state index contributed by atoms with van der Waals surface area (Å²) in [6.45, 7) is 1.77. The summed E-state index contributed by atoms with van der Waals surface area (Å²) in [5.41, 5.74) is 1.11. The Morgan fingerprint density at radius 3 is 2.65 bits per heavy atom. The number of nitrogens with zero attached hydrogens (tertiary/aromatic N) is 1. The third-order valence-electron chi connectivity index (χ3n) is 3.53. The van der Waals surface area contributed by atoms with Crippen LogP contribution in [0.4, 0.5) is 17.1 Å². The monoisotopic (exact) mass is 326 g/mol. The van der Waals surface area contributed by atoms with Crippen molar-refractivity contribution in [3.63, 3.8) is 0 Å². The first-order chi connectivity index (χ1) is 10.8. The Labute approximate surface area is 131 Å². The number of benzene rings is 1. The number of hydrogen-bond donors (Lipinski definition) is 6. The van der Waals surface area contributed by atoms with Crippen molar-refractivity contribution in [3.05, 3.63) is 27.8 Å². The number of hydrogen-bond acceptors (Lipinski definition) is 8. The van der Waals surface area contributed by atoms with E-state index in [1.807, 2.05) is 0 Å². The van der Waals surface area contributed by atoms with Crippen molar-refractivity contribution < 1.29 is 25.0 Å². The van der Waals surface area contributed by atoms with Crippen LogP contribution >= 0.6 is 0 Å². The van der Waals surface area contributed by atoms with Gasteiger partial charge in [0.2, 0.25) is 0 Å². The van der Waals surface area contributed by atoms with Crippen LogP contribution in [0.5, 0.6) is 0 Å². The highest BCUT2D eigenvalue weighted by Gasteiger charge is 2.27. The normalized spacial score (nSPS) is 20.8. The van der Waals surface area contributed by atoms with Gasteiger partial charge in [-0.1, -0.05) is 0 Å². The molecule has 0 radical (unpaired) electrons. The number of nitrogens with one attached hydrogen (secondary N) is 3. The molecule has 2 rings (SSSR count). The summed E-state index contributed by atoms with van der Waals surface area (Å²) in [4.78, 5) is 21.2. The molecule has 10 nitrogen and oxygen atoms in total. The number of nitro benzene ring substituents is 1. The summed E-state index contributed by atoms with van der Waals surface area (Å²) < 4.78 is 0. The van der Waals surface area contributed by atoms with Crippen LogP contribution < -0.4 is 16.0 Å². The standard InChI is InChI=1S/C13H18N4O6/c1-6(13(20)21)14-3-2-7-4-8(17(22)23)5-9-10(7)16-12(19)11(18)15-9/h4-6,11-12,14-16,18-19H,2-3H2,1H3,(H,20,21). The Morgan fingerprint density at radius 2 is 2.04 bits per heavy atom. The molecule has 1 aliphatic heterocycles. The van der Waals surface area contributed by atoms with Crippen molar-refractivity contribution in [2.75, 3.05) is 17.2 Å². The van der Waals surface area contributed by atoms with Gasteiger partial charge in [-0.2, -0.15) is 0 Å². The highest BCUT2D eigenvalue weighted by Crippen LogP contribution is 2.35. The molecule has 0 fully saturated rings. The molecule has 0 saturated heterocycles. The van der Waals surface area contributed by atoms with E-state index in [0.717, 1.165) is 0 Å². The molecular weight excluding hydrogens is 308 g/mol. The van der Waals surface area contributed by atoms with Crippen molar-refractivity contribution in [1.29, 1.82) is 0 Å². The zero-order valence-electron chi connectivity index (χ0n) is 12.3. The minimum absolute atomic E-state index is 0.164. The fraction of sp³-hybridized carbons (Fsp3) is 0.462. The number of aliphatic hydroxyl groups is 2. The first kappa shape index (κ1) is 16.9. The fourth-order valence-electron chi connectivity index (χ4n) is 2.25. The minimum Gasteiger partial charge on any atom is -0.480 e. The van der Waals surface area contributed by atoms with Crippen LogP contribution in [0, 0.1) is 10.1 Å². The van der Waals surface area contributed by atoms with Crippen LogP contribution in [0.1, 0.15) is 12.5 Å². The zero-order valence-corrected chi connectivity index (χ0v) is 12.3. The first-order valence-corrected chi connectivity index (χ1v) is 6.96. The second-order valence-electron chi connectivity index (χ2n) is 5.23. The lowest BCUT2D eigenvalue weighted by molar-refractivity contribution is -0.384. The molecule has 0 aromatic heterocycles. The van der Waals surface area contributed by atoms with Gasteiger partial charge in [0, 0.05) is 18.7 Å². The molecule has 0 aliphatic carbocycles. The molecule has 0 spiro atoms. The van der Waals surface area contributed by atoms with Crippen molar-refractivity contribution in [2.45, 2.75) is 31.8 Å². The van der Waals surface area contributed by atoms with Gasteiger partial charge in [0.1, 0.15) is 6.04 Å². The minimum atomic E-state index is -1.29. The molecule has 1 aromatic carbocycles. The van der Waals surface area contributed by atoms with E-state index in [1.165, 1.54) is 19.1 Å². The van der Waals surface area contributed by atoms with Crippen LogP contribution in [0.3, 0.4) is 0 Å². The largest absolute Gasteiger partial charge is 0.480 e. The summed E-state index contributed by atoms with van der Waals surface area (Å²) in [6, 6.07) is 1.86. The second kappa shape index (κ2) is 6.77. The summed E-state index contributed by atoms with van der Waals surface area (Å²) >= 11 is 0. The highest BCUT2D eigenvalue weighted by molar-refractivity contribution is 5.78. The van der Waals surface area contributed by atoms with Gasteiger partial charge in [0.15, 0.2) is 12.5 Å². The number of carbonyl (C=O) groups is 1. The molecular formula is C13H18N4O6. The lowest BCUT2D eigenvalue weighted by Crippen LogP contribution is -2.43. The molecule has 10 heteroatoms. The van der Waals surface area contributed by atoms with E-state index in [-0.39, 0.29) is 12.2 Å². The van der Waals surface area contributed by atoms with E-state index < -0.39 is 29.4 Å². The second-order valence-corrected chi connectivity index (χ2v) is 5.23. The van der Waals surface area contributed by atoms with E-state index in [1.54, 1.807) is 0 Å². The van der Waals surface area contributed by atoms with Gasteiger partial charge in [0.05, 0.1) is 16.3 Å². The predicted octanol–water partition coefficient (Wildman–Crippen LogP) is -0.326. The summed E-state index contributed by atoms with van der Waals surface area (Å²) in [7, 11) is 0. The van der Waals surface area contributed by atoms with E-state index >= 15 is 0 Å². The Kier molecular flexibility index (Phi) is 4.98. The van der Waals surface area contributed by atoms with Gasteiger partial charge in [0.25, 0.3) is 5.69 Å². The van der Waals surface area contributed by atoms with Gasteiger partial charge in [-0.25, -0.2) is 0 Å². The topological polar surface area (TPSA) is 157 Å². The molecule has 1 heterocycles. The fourth-order valence-corrected chi connectivity index (χ4v) is 2.25. The maximum absolute atomic E-state index is 11.0. The molecule has 3 atom stereocenters. The van der Waals surface area contributed by atoms with E-state index in [4.69, 9.17) is 5.11 Å². The van der Waals surface area contributed by atoms with Crippen molar-refractivity contribution >= 4 is 23.0 Å². The smallest absolute Gasteiger partial charge is 0.320 e. The number of anilines is 2. The SMILES string of the molecule is CC(NCCc1cc([N+](=O)[O-])cc2c1NC(O)C(O)N2)C(=O)O. The number of fused-ring (bicyclic) bond motifs is 1. The van der Waals surface area contributed by atoms with Gasteiger partial charge < -0.3 is 31.3 Å². The first-order valence-electron chi connectivity index (χ1n) is 6.96. The number of carboxylic acid groups (broad SMARTS) is 1. The van der Waals surface area contributed by atoms with Crippen molar-refractivity contribution in [3.8, 4) is 0 Å².